The highest BCUT2D eigenvalue weighted by atomic mass is 35.5. The largest absolute Gasteiger partial charge is 0.392 e. The van der Waals surface area contributed by atoms with Gasteiger partial charge in [-0.1, -0.05) is 0 Å². The summed E-state index contributed by atoms with van der Waals surface area (Å²) in [6, 6.07) is 0. The highest BCUT2D eigenvalue weighted by Gasteiger charge is 2.23. The number of rotatable bonds is 2. The number of piperidine rings is 1. The Morgan fingerprint density at radius 2 is 1.80 bits per heavy atom. The highest BCUT2D eigenvalue weighted by molar-refractivity contribution is 5.85. The van der Waals surface area contributed by atoms with E-state index in [0.717, 1.165) is 25.4 Å². The number of aliphatic hydroxyl groups excluding tert-OH is 1. The number of hydrogen-bond acceptors (Lipinski definition) is 3. The minimum atomic E-state index is -0.0540. The van der Waals surface area contributed by atoms with Crippen LogP contribution in [0.1, 0.15) is 19.3 Å². The van der Waals surface area contributed by atoms with Crippen molar-refractivity contribution in [1.29, 1.82) is 0 Å². The molecule has 0 radical (unpaired) electrons. The molecule has 1 atom stereocenters. The molecule has 2 aliphatic heterocycles. The lowest BCUT2D eigenvalue weighted by molar-refractivity contribution is 0.165. The standard InChI is InChI=1S/C10H20N2O.2ClH/c13-10-3-6-12(8-10)7-9-1-4-11-5-2-9;;/h9-11,13H,1-8H2;2*1H. The number of β-amino-alcohol motifs (C(OH)–C–C–N with tert-alkyl or cyclic N) is 1. The number of hydrogen-bond donors (Lipinski definition) is 2. The van der Waals surface area contributed by atoms with Crippen molar-refractivity contribution in [1.82, 2.24) is 10.2 Å². The lowest BCUT2D eigenvalue weighted by atomic mass is 9.98. The van der Waals surface area contributed by atoms with E-state index in [4.69, 9.17) is 0 Å². The molecule has 2 heterocycles. The number of nitrogens with one attached hydrogen (secondary N) is 1. The molecule has 5 heteroatoms. The Balaban J connectivity index is 0.000000980. The summed E-state index contributed by atoms with van der Waals surface area (Å²) in [5.41, 5.74) is 0. The fourth-order valence-electron chi connectivity index (χ4n) is 2.41. The van der Waals surface area contributed by atoms with Gasteiger partial charge in [0, 0.05) is 19.6 Å². The molecule has 3 nitrogen and oxygen atoms in total. The van der Waals surface area contributed by atoms with Gasteiger partial charge in [0.15, 0.2) is 0 Å². The van der Waals surface area contributed by atoms with Crippen LogP contribution in [-0.2, 0) is 0 Å². The van der Waals surface area contributed by atoms with Crippen LogP contribution in [0, 0.1) is 5.92 Å². The van der Waals surface area contributed by atoms with Gasteiger partial charge in [-0.15, -0.1) is 24.8 Å². The fourth-order valence-corrected chi connectivity index (χ4v) is 2.41. The van der Waals surface area contributed by atoms with E-state index in [1.807, 2.05) is 0 Å². The summed E-state index contributed by atoms with van der Waals surface area (Å²) < 4.78 is 0. The smallest absolute Gasteiger partial charge is 0.0679 e. The van der Waals surface area contributed by atoms with Crippen LogP contribution in [0.4, 0.5) is 0 Å². The van der Waals surface area contributed by atoms with Crippen molar-refractivity contribution < 1.29 is 5.11 Å². The third-order valence-corrected chi connectivity index (χ3v) is 3.22. The van der Waals surface area contributed by atoms with Crippen LogP contribution < -0.4 is 5.32 Å². The first-order valence-electron chi connectivity index (χ1n) is 5.46. The molecule has 2 N–H and O–H groups in total. The monoisotopic (exact) mass is 256 g/mol. The van der Waals surface area contributed by atoms with E-state index in [1.165, 1.54) is 32.5 Å². The molecule has 0 aromatic carbocycles. The topological polar surface area (TPSA) is 35.5 Å². The second kappa shape index (κ2) is 7.69. The van der Waals surface area contributed by atoms with Crippen LogP contribution in [0.5, 0.6) is 0 Å². The summed E-state index contributed by atoms with van der Waals surface area (Å²) in [6.07, 6.45) is 3.55. The summed E-state index contributed by atoms with van der Waals surface area (Å²) in [5.74, 6) is 0.867. The van der Waals surface area contributed by atoms with Crippen molar-refractivity contribution in [2.45, 2.75) is 25.4 Å². The molecule has 2 saturated heterocycles. The molecule has 92 valence electrons. The highest BCUT2D eigenvalue weighted by Crippen LogP contribution is 2.17. The molecule has 0 aromatic heterocycles. The van der Waals surface area contributed by atoms with Gasteiger partial charge in [-0.05, 0) is 38.3 Å². The first-order valence-corrected chi connectivity index (χ1v) is 5.46. The first-order chi connectivity index (χ1) is 6.34. The van der Waals surface area contributed by atoms with Gasteiger partial charge in [0.25, 0.3) is 0 Å². The zero-order valence-corrected chi connectivity index (χ0v) is 10.7. The third kappa shape index (κ3) is 4.87. The Bertz CT molecular complexity index is 163. The molecule has 1 unspecified atom stereocenters. The van der Waals surface area contributed by atoms with Gasteiger partial charge in [-0.2, -0.15) is 0 Å². The molecule has 0 amide bonds. The molecule has 15 heavy (non-hydrogen) atoms. The third-order valence-electron chi connectivity index (χ3n) is 3.22. The van der Waals surface area contributed by atoms with Gasteiger partial charge < -0.3 is 15.3 Å². The van der Waals surface area contributed by atoms with Crippen molar-refractivity contribution in [3.63, 3.8) is 0 Å². The maximum Gasteiger partial charge on any atom is 0.0679 e. The number of nitrogens with zero attached hydrogens (tertiary/aromatic N) is 1. The van der Waals surface area contributed by atoms with Gasteiger partial charge in [-0.3, -0.25) is 0 Å². The van der Waals surface area contributed by atoms with Gasteiger partial charge in [-0.25, -0.2) is 0 Å². The van der Waals surface area contributed by atoms with E-state index >= 15 is 0 Å². The molecule has 0 bridgehead atoms. The zero-order valence-electron chi connectivity index (χ0n) is 9.02. The predicted molar refractivity (Wildman–Crippen MR) is 67.2 cm³/mol. The van der Waals surface area contributed by atoms with Crippen molar-refractivity contribution in [2.75, 3.05) is 32.7 Å². The molecule has 2 fully saturated rings. The second-order valence-electron chi connectivity index (χ2n) is 4.40. The minimum Gasteiger partial charge on any atom is -0.392 e. The molecule has 0 saturated carbocycles. The molecule has 0 aliphatic carbocycles. The Morgan fingerprint density at radius 3 is 2.33 bits per heavy atom. The predicted octanol–water partition coefficient (Wildman–Crippen LogP) is 0.896. The molecule has 2 rings (SSSR count). The minimum absolute atomic E-state index is 0. The van der Waals surface area contributed by atoms with Gasteiger partial charge in [0.2, 0.25) is 0 Å². The SMILES string of the molecule is Cl.Cl.OC1CCN(CC2CCNCC2)C1. The van der Waals surface area contributed by atoms with Crippen LogP contribution in [0.25, 0.3) is 0 Å². The van der Waals surface area contributed by atoms with Crippen LogP contribution in [0.3, 0.4) is 0 Å². The molecular weight excluding hydrogens is 235 g/mol. The quantitative estimate of drug-likeness (QED) is 0.771. The van der Waals surface area contributed by atoms with Gasteiger partial charge >= 0.3 is 0 Å². The zero-order chi connectivity index (χ0) is 9.10. The van der Waals surface area contributed by atoms with E-state index in [0.29, 0.717) is 0 Å². The average Bonchev–Trinajstić information content (AvgIpc) is 2.53. The van der Waals surface area contributed by atoms with Crippen LogP contribution in [0.15, 0.2) is 0 Å². The summed E-state index contributed by atoms with van der Waals surface area (Å²) in [6.45, 7) is 5.58. The second-order valence-corrected chi connectivity index (χ2v) is 4.40. The first kappa shape index (κ1) is 15.5. The fraction of sp³-hybridized carbons (Fsp3) is 1.00. The van der Waals surface area contributed by atoms with E-state index in [1.54, 1.807) is 0 Å². The maximum atomic E-state index is 9.38. The summed E-state index contributed by atoms with van der Waals surface area (Å²) in [5, 5.41) is 12.8. The molecule has 2 aliphatic rings. The van der Waals surface area contributed by atoms with Crippen LogP contribution >= 0.6 is 24.8 Å². The van der Waals surface area contributed by atoms with Crippen molar-refractivity contribution in [2.24, 2.45) is 5.92 Å². The summed E-state index contributed by atoms with van der Waals surface area (Å²) in [4.78, 5) is 2.42. The number of aliphatic hydroxyl groups is 1. The lowest BCUT2D eigenvalue weighted by Crippen LogP contribution is -2.35. The van der Waals surface area contributed by atoms with Crippen molar-refractivity contribution >= 4 is 24.8 Å². The number of likely N-dealkylation sites (tertiary alicyclic amines) is 1. The van der Waals surface area contributed by atoms with Crippen LogP contribution in [0.2, 0.25) is 0 Å². The maximum absolute atomic E-state index is 9.38. The van der Waals surface area contributed by atoms with E-state index < -0.39 is 0 Å². The van der Waals surface area contributed by atoms with Crippen molar-refractivity contribution in [3.05, 3.63) is 0 Å². The number of halogens is 2. The molecule has 0 spiro atoms. The van der Waals surface area contributed by atoms with Crippen molar-refractivity contribution in [3.8, 4) is 0 Å². The average molecular weight is 257 g/mol. The summed E-state index contributed by atoms with van der Waals surface area (Å²) in [7, 11) is 0. The Labute approximate surface area is 104 Å². The van der Waals surface area contributed by atoms with Gasteiger partial charge in [0.1, 0.15) is 0 Å². The molecule has 0 aromatic rings. The Kier molecular flexibility index (Phi) is 7.92. The Morgan fingerprint density at radius 1 is 1.13 bits per heavy atom. The molecular formula is C10H22Cl2N2O. The van der Waals surface area contributed by atoms with E-state index in [2.05, 4.69) is 10.2 Å². The summed E-state index contributed by atoms with van der Waals surface area (Å²) >= 11 is 0. The lowest BCUT2D eigenvalue weighted by Gasteiger charge is -2.27. The van der Waals surface area contributed by atoms with E-state index in [-0.39, 0.29) is 30.9 Å². The normalized spacial score (nSPS) is 28.2. The Hall–Kier alpha value is 0.460. The van der Waals surface area contributed by atoms with E-state index in [9.17, 15) is 5.11 Å². The van der Waals surface area contributed by atoms with Gasteiger partial charge in [0.05, 0.1) is 6.10 Å². The van der Waals surface area contributed by atoms with Crippen LogP contribution in [-0.4, -0.2) is 48.8 Å².